The molecule has 1 aliphatic rings. The van der Waals surface area contributed by atoms with Gasteiger partial charge in [-0.1, -0.05) is 11.3 Å². The first kappa shape index (κ1) is 23.9. The summed E-state index contributed by atoms with van der Waals surface area (Å²) in [6.45, 7) is 16.6. The van der Waals surface area contributed by atoms with Crippen molar-refractivity contribution in [1.82, 2.24) is 30.1 Å². The fraction of sp³-hybridized carbons (Fsp3) is 0.462. The maximum absolute atomic E-state index is 10.8. The highest BCUT2D eigenvalue weighted by atomic mass is 16.3. The number of hydrogen-bond acceptors (Lipinski definition) is 6. The van der Waals surface area contributed by atoms with Crippen molar-refractivity contribution in [3.05, 3.63) is 47.0 Å². The predicted molar refractivity (Wildman–Crippen MR) is 137 cm³/mol. The molecule has 180 valence electrons. The molecule has 2 N–H and O–H groups in total. The SMILES string of the molecule is C=N/C(=C\c1nnn(C2CC(C)(C)NC(C)(C)C2)c1C)c1ccc(-c2cn(C)nc2C)cc1O. The van der Waals surface area contributed by atoms with Gasteiger partial charge in [0.15, 0.2) is 0 Å². The quantitative estimate of drug-likeness (QED) is 0.538. The molecule has 0 bridgehead atoms. The van der Waals surface area contributed by atoms with E-state index in [-0.39, 0.29) is 22.9 Å². The Morgan fingerprint density at radius 2 is 1.88 bits per heavy atom. The molecular weight excluding hydrogens is 426 g/mol. The topological polar surface area (TPSA) is 93.2 Å². The number of phenols is 1. The molecule has 1 aromatic carbocycles. The summed E-state index contributed by atoms with van der Waals surface area (Å²) in [5, 5.41) is 27.9. The maximum atomic E-state index is 10.8. The van der Waals surface area contributed by atoms with Gasteiger partial charge in [-0.05, 0) is 84.9 Å². The zero-order chi connectivity index (χ0) is 24.8. The molecule has 0 unspecified atom stereocenters. The highest BCUT2D eigenvalue weighted by Crippen LogP contribution is 2.37. The van der Waals surface area contributed by atoms with Crippen molar-refractivity contribution in [3.8, 4) is 16.9 Å². The number of aromatic hydroxyl groups is 1. The number of aliphatic imine (C=N–C) groups is 1. The fourth-order valence-electron chi connectivity index (χ4n) is 5.41. The second-order valence-electron chi connectivity index (χ2n) is 10.7. The standard InChI is InChI=1S/C26H35N7O/c1-16-21(15-32(8)29-16)18-9-10-20(24(34)11-18)23(27-7)12-22-17(2)33(31-28-22)19-13-25(3,4)30-26(5,6)14-19/h9-12,15,19,30,34H,7,13-14H2,1-6,8H3/b23-12-. The van der Waals surface area contributed by atoms with Gasteiger partial charge in [0.05, 0.1) is 23.1 Å². The Kier molecular flexibility index (Phi) is 5.97. The molecule has 0 radical (unpaired) electrons. The van der Waals surface area contributed by atoms with Crippen LogP contribution in [0.5, 0.6) is 5.75 Å². The van der Waals surface area contributed by atoms with Crippen LogP contribution in [0.4, 0.5) is 0 Å². The molecule has 0 spiro atoms. The Hall–Kier alpha value is -3.26. The summed E-state index contributed by atoms with van der Waals surface area (Å²) in [6, 6.07) is 5.80. The minimum Gasteiger partial charge on any atom is -0.507 e. The largest absolute Gasteiger partial charge is 0.507 e. The van der Waals surface area contributed by atoms with Crippen LogP contribution in [-0.4, -0.2) is 47.7 Å². The van der Waals surface area contributed by atoms with Gasteiger partial charge in [-0.2, -0.15) is 5.10 Å². The smallest absolute Gasteiger partial charge is 0.125 e. The number of hydrogen-bond donors (Lipinski definition) is 2. The van der Waals surface area contributed by atoms with E-state index in [1.54, 1.807) is 10.7 Å². The van der Waals surface area contributed by atoms with Crippen LogP contribution < -0.4 is 5.32 Å². The van der Waals surface area contributed by atoms with Crippen molar-refractivity contribution in [2.45, 2.75) is 71.5 Å². The van der Waals surface area contributed by atoms with E-state index in [0.29, 0.717) is 11.3 Å². The van der Waals surface area contributed by atoms with Crippen LogP contribution in [0.3, 0.4) is 0 Å². The van der Waals surface area contributed by atoms with Gasteiger partial charge >= 0.3 is 0 Å². The first-order chi connectivity index (χ1) is 15.9. The number of nitrogens with zero attached hydrogens (tertiary/aromatic N) is 6. The van der Waals surface area contributed by atoms with Gasteiger partial charge in [0.25, 0.3) is 0 Å². The lowest BCUT2D eigenvalue weighted by Crippen LogP contribution is -2.58. The molecule has 0 amide bonds. The van der Waals surface area contributed by atoms with Crippen molar-refractivity contribution in [2.75, 3.05) is 0 Å². The summed E-state index contributed by atoms with van der Waals surface area (Å²) in [5.74, 6) is 0.131. The van der Waals surface area contributed by atoms with E-state index >= 15 is 0 Å². The summed E-state index contributed by atoms with van der Waals surface area (Å²) in [5.41, 5.74) is 5.64. The van der Waals surface area contributed by atoms with E-state index in [0.717, 1.165) is 41.1 Å². The number of benzene rings is 1. The third-order valence-corrected chi connectivity index (χ3v) is 6.52. The van der Waals surface area contributed by atoms with E-state index in [1.165, 1.54) is 0 Å². The highest BCUT2D eigenvalue weighted by Gasteiger charge is 2.39. The minimum absolute atomic E-state index is 0.00873. The lowest BCUT2D eigenvalue weighted by molar-refractivity contribution is 0.124. The van der Waals surface area contributed by atoms with E-state index in [1.807, 2.05) is 50.0 Å². The van der Waals surface area contributed by atoms with Gasteiger partial charge in [-0.3, -0.25) is 9.67 Å². The van der Waals surface area contributed by atoms with Crippen molar-refractivity contribution < 1.29 is 5.11 Å². The summed E-state index contributed by atoms with van der Waals surface area (Å²) in [6.07, 6.45) is 5.71. The van der Waals surface area contributed by atoms with Crippen LogP contribution >= 0.6 is 0 Å². The number of aromatic nitrogens is 5. The van der Waals surface area contributed by atoms with Crippen molar-refractivity contribution in [1.29, 1.82) is 0 Å². The first-order valence-corrected chi connectivity index (χ1v) is 11.6. The molecule has 0 aliphatic carbocycles. The number of nitrogens with one attached hydrogen (secondary N) is 1. The monoisotopic (exact) mass is 461 g/mol. The zero-order valence-corrected chi connectivity index (χ0v) is 21.2. The molecule has 8 nitrogen and oxygen atoms in total. The Bertz CT molecular complexity index is 1250. The average molecular weight is 462 g/mol. The van der Waals surface area contributed by atoms with E-state index < -0.39 is 0 Å². The van der Waals surface area contributed by atoms with Gasteiger partial charge in [-0.15, -0.1) is 5.10 Å². The molecule has 1 fully saturated rings. The maximum Gasteiger partial charge on any atom is 0.125 e. The van der Waals surface area contributed by atoms with Gasteiger partial charge in [0.2, 0.25) is 0 Å². The molecule has 3 heterocycles. The number of rotatable bonds is 5. The van der Waals surface area contributed by atoms with Crippen molar-refractivity contribution in [2.24, 2.45) is 12.0 Å². The van der Waals surface area contributed by atoms with Crippen molar-refractivity contribution >= 4 is 18.5 Å². The van der Waals surface area contributed by atoms with Gasteiger partial charge in [0, 0.05) is 35.4 Å². The molecule has 0 saturated carbocycles. The number of phenolic OH excluding ortho intramolecular Hbond substituents is 1. The van der Waals surface area contributed by atoms with Gasteiger partial charge < -0.3 is 10.4 Å². The molecule has 3 aromatic rings. The third kappa shape index (κ3) is 4.68. The fourth-order valence-corrected chi connectivity index (χ4v) is 5.41. The Morgan fingerprint density at radius 3 is 2.44 bits per heavy atom. The molecule has 4 rings (SSSR count). The zero-order valence-electron chi connectivity index (χ0n) is 21.2. The molecule has 0 atom stereocenters. The summed E-state index contributed by atoms with van der Waals surface area (Å²) in [4.78, 5) is 4.20. The second kappa shape index (κ2) is 8.51. The molecular formula is C26H35N7O. The van der Waals surface area contributed by atoms with Crippen LogP contribution in [0.2, 0.25) is 0 Å². The molecule has 1 saturated heterocycles. The highest BCUT2D eigenvalue weighted by molar-refractivity contribution is 5.85. The minimum atomic E-state index is 0.00873. The van der Waals surface area contributed by atoms with Crippen LogP contribution in [0, 0.1) is 13.8 Å². The van der Waals surface area contributed by atoms with Gasteiger partial charge in [0.1, 0.15) is 11.4 Å². The lowest BCUT2D eigenvalue weighted by Gasteiger charge is -2.46. The lowest BCUT2D eigenvalue weighted by atomic mass is 9.79. The van der Waals surface area contributed by atoms with Gasteiger partial charge in [-0.25, -0.2) is 4.68 Å². The van der Waals surface area contributed by atoms with E-state index in [4.69, 9.17) is 0 Å². The Labute approximate surface area is 201 Å². The molecule has 1 aliphatic heterocycles. The molecule has 8 heteroatoms. The summed E-state index contributed by atoms with van der Waals surface area (Å²) in [7, 11) is 1.88. The van der Waals surface area contributed by atoms with E-state index in [2.05, 4.69) is 60.1 Å². The van der Waals surface area contributed by atoms with E-state index in [9.17, 15) is 5.11 Å². The first-order valence-electron chi connectivity index (χ1n) is 11.6. The Balaban J connectivity index is 1.66. The predicted octanol–water partition coefficient (Wildman–Crippen LogP) is 4.68. The Morgan fingerprint density at radius 1 is 1.21 bits per heavy atom. The van der Waals surface area contributed by atoms with Crippen LogP contribution in [0.1, 0.15) is 69.2 Å². The third-order valence-electron chi connectivity index (χ3n) is 6.52. The molecule has 34 heavy (non-hydrogen) atoms. The summed E-state index contributed by atoms with van der Waals surface area (Å²) >= 11 is 0. The number of piperidine rings is 1. The summed E-state index contributed by atoms with van der Waals surface area (Å²) < 4.78 is 3.80. The van der Waals surface area contributed by atoms with Crippen molar-refractivity contribution in [3.63, 3.8) is 0 Å². The second-order valence-corrected chi connectivity index (χ2v) is 10.7. The molecule has 2 aromatic heterocycles. The average Bonchev–Trinajstić information content (AvgIpc) is 3.25. The number of aryl methyl sites for hydroxylation is 2. The van der Waals surface area contributed by atoms with Crippen LogP contribution in [0.25, 0.3) is 22.9 Å². The van der Waals surface area contributed by atoms with Crippen LogP contribution in [0.15, 0.2) is 29.4 Å². The van der Waals surface area contributed by atoms with Crippen LogP contribution in [-0.2, 0) is 7.05 Å². The normalized spacial score (nSPS) is 18.3.